The third kappa shape index (κ3) is 5.91. The Morgan fingerprint density at radius 1 is 1.22 bits per heavy atom. The van der Waals surface area contributed by atoms with Gasteiger partial charge in [-0.1, -0.05) is 49.0 Å². The molecule has 3 rings (SSSR count). The van der Waals surface area contributed by atoms with Crippen LogP contribution in [0.1, 0.15) is 23.9 Å². The quantitative estimate of drug-likeness (QED) is 0.337. The second-order valence-electron chi connectivity index (χ2n) is 7.09. The summed E-state index contributed by atoms with van der Waals surface area (Å²) in [4.78, 5) is 12.5. The first-order chi connectivity index (χ1) is 15.5. The van der Waals surface area contributed by atoms with E-state index in [4.69, 9.17) is 9.47 Å². The third-order valence-electron chi connectivity index (χ3n) is 4.79. The van der Waals surface area contributed by atoms with Gasteiger partial charge >= 0.3 is 0 Å². The van der Waals surface area contributed by atoms with Gasteiger partial charge in [-0.15, -0.1) is 16.8 Å². The molecular formula is C24H28N4O3S. The Bertz CT molecular complexity index is 1080. The molecule has 0 unspecified atom stereocenters. The zero-order valence-corrected chi connectivity index (χ0v) is 19.4. The smallest absolute Gasteiger partial charge is 0.234 e. The molecule has 0 saturated heterocycles. The maximum absolute atomic E-state index is 12.5. The van der Waals surface area contributed by atoms with Crippen LogP contribution in [0.5, 0.6) is 11.5 Å². The molecule has 0 fully saturated rings. The van der Waals surface area contributed by atoms with E-state index in [1.165, 1.54) is 11.8 Å². The van der Waals surface area contributed by atoms with Gasteiger partial charge < -0.3 is 14.8 Å². The fourth-order valence-electron chi connectivity index (χ4n) is 3.15. The van der Waals surface area contributed by atoms with Gasteiger partial charge in [0.25, 0.3) is 0 Å². The molecule has 0 aliphatic heterocycles. The third-order valence-corrected chi connectivity index (χ3v) is 5.75. The first-order valence-electron chi connectivity index (χ1n) is 10.4. The molecular weight excluding hydrogens is 424 g/mol. The van der Waals surface area contributed by atoms with Crippen molar-refractivity contribution in [2.45, 2.75) is 38.6 Å². The van der Waals surface area contributed by atoms with E-state index >= 15 is 0 Å². The minimum Gasteiger partial charge on any atom is -0.493 e. The van der Waals surface area contributed by atoms with E-state index in [1.54, 1.807) is 13.2 Å². The Morgan fingerprint density at radius 2 is 2.03 bits per heavy atom. The molecule has 3 aromatic rings. The van der Waals surface area contributed by atoms with E-state index in [0.717, 1.165) is 23.2 Å². The molecule has 0 atom stereocenters. The minimum atomic E-state index is -0.0914. The predicted molar refractivity (Wildman–Crippen MR) is 127 cm³/mol. The Morgan fingerprint density at radius 3 is 2.78 bits per heavy atom. The number of nitrogens with zero attached hydrogens (tertiary/aromatic N) is 3. The monoisotopic (exact) mass is 452 g/mol. The number of nitrogens with one attached hydrogen (secondary N) is 1. The number of rotatable bonds is 11. The number of carbonyl (C=O) groups excluding carboxylic acids is 1. The summed E-state index contributed by atoms with van der Waals surface area (Å²) < 4.78 is 13.2. The van der Waals surface area contributed by atoms with Crippen molar-refractivity contribution in [2.75, 3.05) is 18.2 Å². The molecule has 1 heterocycles. The first-order valence-corrected chi connectivity index (χ1v) is 11.3. The van der Waals surface area contributed by atoms with Gasteiger partial charge in [0.2, 0.25) is 5.91 Å². The second kappa shape index (κ2) is 11.4. The van der Waals surface area contributed by atoms with Crippen LogP contribution in [0.15, 0.2) is 60.3 Å². The number of ether oxygens (including phenoxy) is 2. The van der Waals surface area contributed by atoms with Crippen molar-refractivity contribution < 1.29 is 14.3 Å². The van der Waals surface area contributed by atoms with Crippen molar-refractivity contribution >= 4 is 23.4 Å². The lowest BCUT2D eigenvalue weighted by molar-refractivity contribution is -0.113. The molecule has 7 nitrogen and oxygen atoms in total. The summed E-state index contributed by atoms with van der Waals surface area (Å²) in [6, 6.07) is 13.6. The molecule has 1 aromatic heterocycles. The van der Waals surface area contributed by atoms with Crippen molar-refractivity contribution in [3.63, 3.8) is 0 Å². The molecule has 0 bridgehead atoms. The normalized spacial score (nSPS) is 10.6. The number of aryl methyl sites for hydroxylation is 2. The highest BCUT2D eigenvalue weighted by molar-refractivity contribution is 7.99. The Hall–Kier alpha value is -3.26. The number of anilines is 1. The van der Waals surface area contributed by atoms with Gasteiger partial charge in [0.05, 0.1) is 12.9 Å². The van der Waals surface area contributed by atoms with Crippen molar-refractivity contribution in [1.82, 2.24) is 14.8 Å². The highest BCUT2D eigenvalue weighted by atomic mass is 32.2. The zero-order chi connectivity index (χ0) is 22.9. The molecule has 0 spiro atoms. The minimum absolute atomic E-state index is 0.0914. The SMILES string of the molecule is C=CCn1c(COc2ccc(C)cc2OC)nnc1SCC(=O)Nc1ccccc1CC. The van der Waals surface area contributed by atoms with Crippen molar-refractivity contribution in [3.8, 4) is 11.5 Å². The highest BCUT2D eigenvalue weighted by Crippen LogP contribution is 2.29. The number of methoxy groups -OCH3 is 1. The van der Waals surface area contributed by atoms with Gasteiger partial charge in [0.15, 0.2) is 22.5 Å². The number of hydrogen-bond donors (Lipinski definition) is 1. The number of allylic oxidation sites excluding steroid dienone is 1. The number of amides is 1. The fraction of sp³-hybridized carbons (Fsp3) is 0.292. The second-order valence-corrected chi connectivity index (χ2v) is 8.03. The summed E-state index contributed by atoms with van der Waals surface area (Å²) in [5.41, 5.74) is 3.03. The molecule has 0 aliphatic carbocycles. The average Bonchev–Trinajstić information content (AvgIpc) is 3.18. The lowest BCUT2D eigenvalue weighted by atomic mass is 10.1. The summed E-state index contributed by atoms with van der Waals surface area (Å²) in [6.45, 7) is 8.61. The van der Waals surface area contributed by atoms with Crippen molar-refractivity contribution in [3.05, 3.63) is 72.1 Å². The molecule has 1 amide bonds. The number of benzene rings is 2. The van der Waals surface area contributed by atoms with Gasteiger partial charge in [0.1, 0.15) is 6.61 Å². The summed E-state index contributed by atoms with van der Waals surface area (Å²) in [5.74, 6) is 2.07. The van der Waals surface area contributed by atoms with Crippen LogP contribution in [0.25, 0.3) is 0 Å². The van der Waals surface area contributed by atoms with Crippen LogP contribution in [0, 0.1) is 6.92 Å². The van der Waals surface area contributed by atoms with Gasteiger partial charge in [-0.05, 0) is 42.7 Å². The van der Waals surface area contributed by atoms with Crippen LogP contribution < -0.4 is 14.8 Å². The molecule has 2 aromatic carbocycles. The maximum Gasteiger partial charge on any atom is 0.234 e. The van der Waals surface area contributed by atoms with Crippen LogP contribution in [-0.4, -0.2) is 33.5 Å². The maximum atomic E-state index is 12.5. The highest BCUT2D eigenvalue weighted by Gasteiger charge is 2.15. The van der Waals surface area contributed by atoms with E-state index in [-0.39, 0.29) is 18.3 Å². The van der Waals surface area contributed by atoms with Crippen LogP contribution in [0.2, 0.25) is 0 Å². The Kier molecular flexibility index (Phi) is 8.33. The lowest BCUT2D eigenvalue weighted by Gasteiger charge is -2.12. The van der Waals surface area contributed by atoms with Gasteiger partial charge in [-0.25, -0.2) is 0 Å². The predicted octanol–water partition coefficient (Wildman–Crippen LogP) is 4.65. The Balaban J connectivity index is 1.65. The summed E-state index contributed by atoms with van der Waals surface area (Å²) in [5, 5.41) is 12.1. The van der Waals surface area contributed by atoms with Crippen LogP contribution in [-0.2, 0) is 24.4 Å². The van der Waals surface area contributed by atoms with Gasteiger partial charge in [-0.2, -0.15) is 0 Å². The van der Waals surface area contributed by atoms with E-state index in [9.17, 15) is 4.79 Å². The molecule has 0 saturated carbocycles. The summed E-state index contributed by atoms with van der Waals surface area (Å²) >= 11 is 1.33. The van der Waals surface area contributed by atoms with E-state index in [0.29, 0.717) is 29.0 Å². The standard InChI is InChI=1S/C24H28N4O3S/c1-5-13-28-22(15-31-20-12-11-17(3)14-21(20)30-4)26-27-24(28)32-16-23(29)25-19-10-8-7-9-18(19)6-2/h5,7-12,14H,1,6,13,15-16H2,2-4H3,(H,25,29). The van der Waals surface area contributed by atoms with E-state index in [2.05, 4.69) is 29.0 Å². The molecule has 32 heavy (non-hydrogen) atoms. The fourth-order valence-corrected chi connectivity index (χ4v) is 3.91. The molecule has 168 valence electrons. The number of hydrogen-bond acceptors (Lipinski definition) is 6. The molecule has 8 heteroatoms. The lowest BCUT2D eigenvalue weighted by Crippen LogP contribution is -2.16. The van der Waals surface area contributed by atoms with E-state index < -0.39 is 0 Å². The number of thioether (sulfide) groups is 1. The molecule has 1 N–H and O–H groups in total. The van der Waals surface area contributed by atoms with Gasteiger partial charge in [-0.3, -0.25) is 9.36 Å². The first kappa shape index (κ1) is 23.4. The van der Waals surface area contributed by atoms with Crippen molar-refractivity contribution in [1.29, 1.82) is 0 Å². The summed E-state index contributed by atoms with van der Waals surface area (Å²) in [7, 11) is 1.61. The zero-order valence-electron chi connectivity index (χ0n) is 18.6. The van der Waals surface area contributed by atoms with E-state index in [1.807, 2.05) is 54.0 Å². The topological polar surface area (TPSA) is 78.3 Å². The number of carbonyl (C=O) groups is 1. The number of para-hydroxylation sites is 1. The van der Waals surface area contributed by atoms with Crippen molar-refractivity contribution in [2.24, 2.45) is 0 Å². The van der Waals surface area contributed by atoms with Crippen LogP contribution >= 0.6 is 11.8 Å². The number of aromatic nitrogens is 3. The average molecular weight is 453 g/mol. The largest absolute Gasteiger partial charge is 0.493 e. The molecule has 0 aliphatic rings. The van der Waals surface area contributed by atoms with Crippen LogP contribution in [0.4, 0.5) is 5.69 Å². The summed E-state index contributed by atoms with van der Waals surface area (Å²) in [6.07, 6.45) is 2.62. The van der Waals surface area contributed by atoms with Crippen LogP contribution in [0.3, 0.4) is 0 Å². The van der Waals surface area contributed by atoms with Gasteiger partial charge in [0, 0.05) is 12.2 Å². The Labute approximate surface area is 192 Å². The molecule has 0 radical (unpaired) electrons.